The first-order valence-corrected chi connectivity index (χ1v) is 10.1. The number of aryl methyl sites for hydroxylation is 2. The van der Waals surface area contributed by atoms with Crippen molar-refractivity contribution in [2.45, 2.75) is 32.6 Å². The van der Waals surface area contributed by atoms with Crippen LogP contribution in [0.3, 0.4) is 0 Å². The fourth-order valence-corrected chi connectivity index (χ4v) is 3.99. The summed E-state index contributed by atoms with van der Waals surface area (Å²) in [6, 6.07) is 11.8. The van der Waals surface area contributed by atoms with Crippen LogP contribution in [-0.4, -0.2) is 40.4 Å². The molecule has 28 heavy (non-hydrogen) atoms. The fourth-order valence-electron chi connectivity index (χ4n) is 3.82. The third-order valence-electron chi connectivity index (χ3n) is 5.47. The van der Waals surface area contributed by atoms with E-state index in [0.29, 0.717) is 17.5 Å². The summed E-state index contributed by atoms with van der Waals surface area (Å²) in [5.74, 6) is 1.49. The van der Waals surface area contributed by atoms with Crippen molar-refractivity contribution in [1.29, 1.82) is 0 Å². The number of hydrogen-bond donors (Lipinski definition) is 2. The Bertz CT molecular complexity index is 1000. The summed E-state index contributed by atoms with van der Waals surface area (Å²) in [6.45, 7) is 6.24. The maximum absolute atomic E-state index is 12.4. The number of aromatic amines is 1. The zero-order valence-corrected chi connectivity index (χ0v) is 17.0. The van der Waals surface area contributed by atoms with Crippen molar-refractivity contribution in [3.63, 3.8) is 0 Å². The molecule has 1 saturated heterocycles. The molecule has 4 rings (SSSR count). The number of anilines is 1. The van der Waals surface area contributed by atoms with Crippen LogP contribution in [0.5, 0.6) is 0 Å². The van der Waals surface area contributed by atoms with Gasteiger partial charge in [0, 0.05) is 16.6 Å². The van der Waals surface area contributed by atoms with Crippen LogP contribution in [-0.2, 0) is 4.79 Å². The van der Waals surface area contributed by atoms with Gasteiger partial charge in [0.25, 0.3) is 0 Å². The van der Waals surface area contributed by atoms with E-state index in [1.165, 1.54) is 5.56 Å². The largest absolute Gasteiger partial charge is 0.342 e. The van der Waals surface area contributed by atoms with Gasteiger partial charge in [-0.2, -0.15) is 0 Å². The Labute approximate surface area is 170 Å². The number of imidazole rings is 1. The van der Waals surface area contributed by atoms with E-state index < -0.39 is 0 Å². The first kappa shape index (κ1) is 19.0. The summed E-state index contributed by atoms with van der Waals surface area (Å²) in [7, 11) is 0. The van der Waals surface area contributed by atoms with E-state index in [1.807, 2.05) is 19.1 Å². The predicted octanol–water partition coefficient (Wildman–Crippen LogP) is 4.65. The summed E-state index contributed by atoms with van der Waals surface area (Å²) in [4.78, 5) is 22.9. The number of likely N-dealkylation sites (tertiary alicyclic amines) is 1. The Balaban J connectivity index is 1.33. The summed E-state index contributed by atoms with van der Waals surface area (Å²) < 4.78 is 0. The first-order valence-electron chi connectivity index (χ1n) is 9.72. The Morgan fingerprint density at radius 2 is 2.00 bits per heavy atom. The highest BCUT2D eigenvalue weighted by atomic mass is 35.5. The minimum atomic E-state index is 0.00280. The van der Waals surface area contributed by atoms with Gasteiger partial charge < -0.3 is 10.3 Å². The molecule has 0 radical (unpaired) electrons. The zero-order valence-electron chi connectivity index (χ0n) is 16.3. The molecule has 1 amide bonds. The molecule has 0 bridgehead atoms. The zero-order chi connectivity index (χ0) is 19.7. The number of carbonyl (C=O) groups excluding carboxylic acids is 1. The highest BCUT2D eigenvalue weighted by Gasteiger charge is 2.24. The number of piperidine rings is 1. The molecule has 5 nitrogen and oxygen atoms in total. The number of aromatic nitrogens is 2. The molecule has 0 atom stereocenters. The summed E-state index contributed by atoms with van der Waals surface area (Å²) >= 11 is 6.03. The van der Waals surface area contributed by atoms with Gasteiger partial charge in [0.15, 0.2) is 0 Å². The van der Waals surface area contributed by atoms with E-state index in [2.05, 4.69) is 40.3 Å². The molecule has 6 heteroatoms. The normalized spacial score (nSPS) is 15.8. The van der Waals surface area contributed by atoms with Gasteiger partial charge in [-0.1, -0.05) is 23.7 Å². The van der Waals surface area contributed by atoms with Crippen molar-refractivity contribution < 1.29 is 4.79 Å². The lowest BCUT2D eigenvalue weighted by Crippen LogP contribution is -2.39. The predicted molar refractivity (Wildman–Crippen MR) is 114 cm³/mol. The minimum Gasteiger partial charge on any atom is -0.342 e. The number of benzene rings is 2. The smallest absolute Gasteiger partial charge is 0.238 e. The molecule has 1 fully saturated rings. The van der Waals surface area contributed by atoms with E-state index in [1.54, 1.807) is 6.07 Å². The molecule has 0 unspecified atom stereocenters. The Morgan fingerprint density at radius 3 is 2.79 bits per heavy atom. The quantitative estimate of drug-likeness (QED) is 0.674. The van der Waals surface area contributed by atoms with Crippen LogP contribution in [0.1, 0.15) is 35.7 Å². The number of H-pyrrole nitrogens is 1. The van der Waals surface area contributed by atoms with Gasteiger partial charge >= 0.3 is 0 Å². The standard InChI is InChI=1S/C22H25ClN4O/c1-14-3-6-18-20(11-14)26-22(25-18)16-7-9-27(10-8-16)13-21(28)24-19-12-17(23)5-4-15(19)2/h3-6,11-12,16H,7-10,13H2,1-2H3,(H,24,28)(H,25,26). The van der Waals surface area contributed by atoms with Crippen molar-refractivity contribution in [2.75, 3.05) is 25.0 Å². The second-order valence-electron chi connectivity index (χ2n) is 7.70. The molecule has 2 N–H and O–H groups in total. The third-order valence-corrected chi connectivity index (χ3v) is 5.71. The second kappa shape index (κ2) is 7.94. The average Bonchev–Trinajstić information content (AvgIpc) is 3.08. The monoisotopic (exact) mass is 396 g/mol. The van der Waals surface area contributed by atoms with Gasteiger partial charge in [0.05, 0.1) is 17.6 Å². The Hall–Kier alpha value is -2.37. The van der Waals surface area contributed by atoms with Crippen LogP contribution in [0.4, 0.5) is 5.69 Å². The summed E-state index contributed by atoms with van der Waals surface area (Å²) in [5.41, 5.74) is 5.16. The number of nitrogens with zero attached hydrogens (tertiary/aromatic N) is 2. The van der Waals surface area contributed by atoms with Crippen LogP contribution < -0.4 is 5.32 Å². The number of carbonyl (C=O) groups is 1. The van der Waals surface area contributed by atoms with Crippen molar-refractivity contribution in [2.24, 2.45) is 0 Å². The van der Waals surface area contributed by atoms with Crippen molar-refractivity contribution >= 4 is 34.2 Å². The molecule has 0 aliphatic carbocycles. The Morgan fingerprint density at radius 1 is 1.21 bits per heavy atom. The van der Waals surface area contributed by atoms with E-state index >= 15 is 0 Å². The molecule has 2 aromatic carbocycles. The third kappa shape index (κ3) is 4.21. The lowest BCUT2D eigenvalue weighted by Gasteiger charge is -2.30. The summed E-state index contributed by atoms with van der Waals surface area (Å²) in [6.07, 6.45) is 2.00. The first-order chi connectivity index (χ1) is 13.5. The van der Waals surface area contributed by atoms with E-state index in [9.17, 15) is 4.79 Å². The van der Waals surface area contributed by atoms with Crippen LogP contribution >= 0.6 is 11.6 Å². The number of halogens is 1. The molecule has 1 aliphatic rings. The topological polar surface area (TPSA) is 61.0 Å². The number of nitrogens with one attached hydrogen (secondary N) is 2. The highest BCUT2D eigenvalue weighted by Crippen LogP contribution is 2.28. The molecule has 1 aromatic heterocycles. The van der Waals surface area contributed by atoms with Crippen molar-refractivity contribution in [3.8, 4) is 0 Å². The molecule has 0 saturated carbocycles. The molecule has 3 aromatic rings. The van der Waals surface area contributed by atoms with Gasteiger partial charge in [-0.15, -0.1) is 0 Å². The molecule has 2 heterocycles. The maximum Gasteiger partial charge on any atom is 0.238 e. The van der Waals surface area contributed by atoms with E-state index in [-0.39, 0.29) is 5.91 Å². The van der Waals surface area contributed by atoms with Gasteiger partial charge in [-0.3, -0.25) is 9.69 Å². The highest BCUT2D eigenvalue weighted by molar-refractivity contribution is 6.31. The number of rotatable bonds is 4. The van der Waals surface area contributed by atoms with Gasteiger partial charge in [-0.25, -0.2) is 4.98 Å². The van der Waals surface area contributed by atoms with Crippen LogP contribution in [0.25, 0.3) is 11.0 Å². The lowest BCUT2D eigenvalue weighted by atomic mass is 9.96. The number of hydrogen-bond acceptors (Lipinski definition) is 3. The molecule has 1 aliphatic heterocycles. The van der Waals surface area contributed by atoms with Crippen LogP contribution in [0, 0.1) is 13.8 Å². The number of fused-ring (bicyclic) bond motifs is 1. The second-order valence-corrected chi connectivity index (χ2v) is 8.14. The lowest BCUT2D eigenvalue weighted by molar-refractivity contribution is -0.117. The summed E-state index contributed by atoms with van der Waals surface area (Å²) in [5, 5.41) is 3.61. The molecule has 146 valence electrons. The van der Waals surface area contributed by atoms with Crippen molar-refractivity contribution in [3.05, 3.63) is 58.4 Å². The van der Waals surface area contributed by atoms with Gasteiger partial charge in [0.2, 0.25) is 5.91 Å². The fraction of sp³-hybridized carbons (Fsp3) is 0.364. The minimum absolute atomic E-state index is 0.00280. The van der Waals surface area contributed by atoms with Gasteiger partial charge in [-0.05, 0) is 75.2 Å². The number of amides is 1. The average molecular weight is 397 g/mol. The van der Waals surface area contributed by atoms with Crippen LogP contribution in [0.2, 0.25) is 5.02 Å². The maximum atomic E-state index is 12.4. The van der Waals surface area contributed by atoms with Crippen LogP contribution in [0.15, 0.2) is 36.4 Å². The SMILES string of the molecule is Cc1ccc2nc(C3CCN(CC(=O)Nc4cc(Cl)ccc4C)CC3)[nH]c2c1. The van der Waals surface area contributed by atoms with E-state index in [0.717, 1.165) is 54.0 Å². The van der Waals surface area contributed by atoms with E-state index in [4.69, 9.17) is 16.6 Å². The molecule has 0 spiro atoms. The molecular weight excluding hydrogens is 372 g/mol. The Kier molecular flexibility index (Phi) is 5.38. The van der Waals surface area contributed by atoms with Gasteiger partial charge in [0.1, 0.15) is 5.82 Å². The molecular formula is C22H25ClN4O. The van der Waals surface area contributed by atoms with Crippen molar-refractivity contribution in [1.82, 2.24) is 14.9 Å².